The van der Waals surface area contributed by atoms with Crippen molar-refractivity contribution in [2.45, 2.75) is 6.54 Å². The molecule has 0 fully saturated rings. The van der Waals surface area contributed by atoms with Gasteiger partial charge in [0.1, 0.15) is 5.15 Å². The number of nitrogens with one attached hydrogen (secondary N) is 2. The van der Waals surface area contributed by atoms with E-state index >= 15 is 0 Å². The predicted molar refractivity (Wildman–Crippen MR) is 116 cm³/mol. The lowest BCUT2D eigenvalue weighted by Gasteiger charge is -2.07. The number of hydrogen-bond acceptors (Lipinski definition) is 6. The minimum atomic E-state index is -0.249. The van der Waals surface area contributed by atoms with Crippen LogP contribution < -0.4 is 21.1 Å². The van der Waals surface area contributed by atoms with Gasteiger partial charge < -0.3 is 21.1 Å². The maximum atomic E-state index is 12.0. The molecule has 0 radical (unpaired) electrons. The number of nitrogens with two attached hydrogens (primary N) is 1. The quantitative estimate of drug-likeness (QED) is 0.310. The number of benzene rings is 2. The van der Waals surface area contributed by atoms with Crippen LogP contribution in [0.3, 0.4) is 0 Å². The van der Waals surface area contributed by atoms with Gasteiger partial charge in [-0.25, -0.2) is 4.98 Å². The van der Waals surface area contributed by atoms with Crippen molar-refractivity contribution >= 4 is 40.9 Å². The fourth-order valence-electron chi connectivity index (χ4n) is 2.47. The number of methoxy groups -OCH3 is 1. The normalized spacial score (nSPS) is 10.7. The zero-order valence-electron chi connectivity index (χ0n) is 15.7. The summed E-state index contributed by atoms with van der Waals surface area (Å²) < 4.78 is 5.07. The van der Waals surface area contributed by atoms with Gasteiger partial charge in [-0.3, -0.25) is 4.79 Å². The number of ether oxygens (including phenoxy) is 1. The summed E-state index contributed by atoms with van der Waals surface area (Å²) in [6.45, 7) is 0.515. The first-order valence-electron chi connectivity index (χ1n) is 8.78. The minimum absolute atomic E-state index is 0.249. The number of halogens is 1. The van der Waals surface area contributed by atoms with Crippen LogP contribution in [-0.4, -0.2) is 23.0 Å². The molecule has 1 aromatic heterocycles. The van der Waals surface area contributed by atoms with Crippen molar-refractivity contribution in [3.63, 3.8) is 0 Å². The number of carbonyl (C=O) groups excluding carboxylic acids is 1. The molecule has 3 rings (SSSR count). The van der Waals surface area contributed by atoms with E-state index in [2.05, 4.69) is 20.6 Å². The van der Waals surface area contributed by atoms with Gasteiger partial charge in [-0.15, -0.1) is 0 Å². The van der Waals surface area contributed by atoms with Crippen molar-refractivity contribution in [2.24, 2.45) is 0 Å². The second-order valence-corrected chi connectivity index (χ2v) is 6.45. The average molecular weight is 410 g/mol. The lowest BCUT2D eigenvalue weighted by atomic mass is 10.1. The number of para-hydroxylation sites is 2. The number of amides is 1. The van der Waals surface area contributed by atoms with E-state index in [0.717, 1.165) is 11.1 Å². The van der Waals surface area contributed by atoms with E-state index < -0.39 is 0 Å². The summed E-state index contributed by atoms with van der Waals surface area (Å²) in [5.41, 5.74) is 8.84. The molecule has 148 valence electrons. The van der Waals surface area contributed by atoms with Crippen molar-refractivity contribution in [2.75, 3.05) is 23.5 Å². The average Bonchev–Trinajstić information content (AvgIpc) is 2.73. The summed E-state index contributed by atoms with van der Waals surface area (Å²) in [5.74, 6) is 0.527. The van der Waals surface area contributed by atoms with Crippen molar-refractivity contribution in [3.05, 3.63) is 77.0 Å². The molecule has 1 amide bonds. The van der Waals surface area contributed by atoms with Gasteiger partial charge in [-0.2, -0.15) is 4.98 Å². The van der Waals surface area contributed by atoms with Crippen LogP contribution in [0.25, 0.3) is 6.08 Å². The SMILES string of the molecule is COc1cc(Cl)nc(NCc2ccc(C=CC(=O)Nc3ccccc3N)cc2)n1. The highest BCUT2D eigenvalue weighted by Gasteiger charge is 2.04. The van der Waals surface area contributed by atoms with Gasteiger partial charge in [0.2, 0.25) is 17.7 Å². The molecule has 4 N–H and O–H groups in total. The number of rotatable bonds is 7. The number of nitrogens with zero attached hydrogens (tertiary/aromatic N) is 2. The van der Waals surface area contributed by atoms with Crippen molar-refractivity contribution in [1.29, 1.82) is 0 Å². The van der Waals surface area contributed by atoms with Gasteiger partial charge in [-0.1, -0.05) is 48.0 Å². The molecule has 0 aliphatic heterocycles. The van der Waals surface area contributed by atoms with E-state index in [4.69, 9.17) is 22.1 Å². The topological polar surface area (TPSA) is 102 Å². The standard InChI is InChI=1S/C21H20ClN5O2/c1-29-20-12-18(22)26-21(27-20)24-13-15-8-6-14(7-9-15)10-11-19(28)25-17-5-3-2-4-16(17)23/h2-12H,13,23H2,1H3,(H,25,28)(H,24,26,27). The lowest BCUT2D eigenvalue weighted by molar-refractivity contribution is -0.111. The first kappa shape index (κ1) is 20.2. The highest BCUT2D eigenvalue weighted by atomic mass is 35.5. The molecule has 29 heavy (non-hydrogen) atoms. The van der Waals surface area contributed by atoms with Crippen LogP contribution in [-0.2, 0) is 11.3 Å². The first-order valence-corrected chi connectivity index (χ1v) is 9.16. The zero-order chi connectivity index (χ0) is 20.6. The third-order valence-electron chi connectivity index (χ3n) is 3.96. The zero-order valence-corrected chi connectivity index (χ0v) is 16.5. The number of carbonyl (C=O) groups is 1. The van der Waals surface area contributed by atoms with Gasteiger partial charge in [0, 0.05) is 18.7 Å². The highest BCUT2D eigenvalue weighted by Crippen LogP contribution is 2.18. The molecule has 7 nitrogen and oxygen atoms in total. The first-order chi connectivity index (χ1) is 14.0. The summed E-state index contributed by atoms with van der Waals surface area (Å²) in [6.07, 6.45) is 3.20. The van der Waals surface area contributed by atoms with Crippen LogP contribution in [0.1, 0.15) is 11.1 Å². The molecular weight excluding hydrogens is 390 g/mol. The van der Waals surface area contributed by atoms with Gasteiger partial charge in [0.25, 0.3) is 0 Å². The Morgan fingerprint density at radius 2 is 1.93 bits per heavy atom. The van der Waals surface area contributed by atoms with E-state index in [0.29, 0.717) is 34.9 Å². The van der Waals surface area contributed by atoms with Gasteiger partial charge in [-0.05, 0) is 29.3 Å². The fourth-order valence-corrected chi connectivity index (χ4v) is 2.64. The summed E-state index contributed by atoms with van der Waals surface area (Å²) in [5, 5.41) is 6.15. The molecule has 0 aliphatic rings. The Morgan fingerprint density at radius 3 is 2.66 bits per heavy atom. The minimum Gasteiger partial charge on any atom is -0.481 e. The van der Waals surface area contributed by atoms with Crippen molar-refractivity contribution < 1.29 is 9.53 Å². The smallest absolute Gasteiger partial charge is 0.248 e. The molecule has 0 atom stereocenters. The molecule has 0 saturated carbocycles. The molecule has 1 heterocycles. The van der Waals surface area contributed by atoms with E-state index in [1.165, 1.54) is 19.3 Å². The summed E-state index contributed by atoms with van der Waals surface area (Å²) in [7, 11) is 1.52. The monoisotopic (exact) mass is 409 g/mol. The van der Waals surface area contributed by atoms with Crippen molar-refractivity contribution in [3.8, 4) is 5.88 Å². The molecule has 0 unspecified atom stereocenters. The molecule has 0 saturated heterocycles. The molecular formula is C21H20ClN5O2. The number of nitrogen functional groups attached to an aromatic ring is 1. The van der Waals surface area contributed by atoms with Crippen LogP contribution in [0.5, 0.6) is 5.88 Å². The summed E-state index contributed by atoms with van der Waals surface area (Å²) in [4.78, 5) is 20.3. The van der Waals surface area contributed by atoms with Crippen LogP contribution in [0.4, 0.5) is 17.3 Å². The molecule has 0 bridgehead atoms. The highest BCUT2D eigenvalue weighted by molar-refractivity contribution is 6.29. The van der Waals surface area contributed by atoms with E-state index in [1.807, 2.05) is 36.4 Å². The van der Waals surface area contributed by atoms with Crippen LogP contribution in [0.15, 0.2) is 60.7 Å². The summed E-state index contributed by atoms with van der Waals surface area (Å²) in [6, 6.07) is 16.4. The van der Waals surface area contributed by atoms with E-state index in [1.54, 1.807) is 18.2 Å². The van der Waals surface area contributed by atoms with Crippen LogP contribution in [0, 0.1) is 0 Å². The largest absolute Gasteiger partial charge is 0.481 e. The second kappa shape index (κ2) is 9.57. The lowest BCUT2D eigenvalue weighted by Crippen LogP contribution is -2.09. The third kappa shape index (κ3) is 5.95. The fraction of sp³-hybridized carbons (Fsp3) is 0.0952. The second-order valence-electron chi connectivity index (χ2n) is 6.06. The predicted octanol–water partition coefficient (Wildman–Crippen LogP) is 3.98. The third-order valence-corrected chi connectivity index (χ3v) is 4.15. The molecule has 0 spiro atoms. The Hall–Kier alpha value is -3.58. The van der Waals surface area contributed by atoms with Gasteiger partial charge >= 0.3 is 0 Å². The molecule has 8 heteroatoms. The Labute approximate surface area is 173 Å². The molecule has 0 aliphatic carbocycles. The van der Waals surface area contributed by atoms with Gasteiger partial charge in [0.15, 0.2) is 0 Å². The van der Waals surface area contributed by atoms with Crippen molar-refractivity contribution in [1.82, 2.24) is 9.97 Å². The Morgan fingerprint density at radius 1 is 1.17 bits per heavy atom. The van der Waals surface area contributed by atoms with Crippen LogP contribution >= 0.6 is 11.6 Å². The Bertz CT molecular complexity index is 1020. The maximum absolute atomic E-state index is 12.0. The summed E-state index contributed by atoms with van der Waals surface area (Å²) >= 11 is 5.93. The van der Waals surface area contributed by atoms with Gasteiger partial charge in [0.05, 0.1) is 18.5 Å². The molecule has 3 aromatic rings. The number of anilines is 3. The number of aromatic nitrogens is 2. The number of hydrogen-bond donors (Lipinski definition) is 3. The van der Waals surface area contributed by atoms with Crippen LogP contribution in [0.2, 0.25) is 5.15 Å². The molecule has 2 aromatic carbocycles. The van der Waals surface area contributed by atoms with E-state index in [-0.39, 0.29) is 5.91 Å². The Balaban J connectivity index is 1.56. The maximum Gasteiger partial charge on any atom is 0.248 e. The Kier molecular flexibility index (Phi) is 6.65. The van der Waals surface area contributed by atoms with E-state index in [9.17, 15) is 4.79 Å².